The lowest BCUT2D eigenvalue weighted by Gasteiger charge is -2.42. The maximum atomic E-state index is 12.9. The van der Waals surface area contributed by atoms with E-state index in [2.05, 4.69) is 0 Å². The van der Waals surface area contributed by atoms with E-state index < -0.39 is 34.7 Å². The highest BCUT2D eigenvalue weighted by atomic mass is 16.4. The molecule has 0 aromatic heterocycles. The molecule has 2 rings (SSSR count). The summed E-state index contributed by atoms with van der Waals surface area (Å²) < 4.78 is 0. The lowest BCUT2D eigenvalue weighted by atomic mass is 9.65. The van der Waals surface area contributed by atoms with E-state index in [0.717, 1.165) is 0 Å². The van der Waals surface area contributed by atoms with Gasteiger partial charge in [-0.1, -0.05) is 20.8 Å². The van der Waals surface area contributed by atoms with Crippen LogP contribution >= 0.6 is 0 Å². The number of carbonyl (C=O) groups excluding carboxylic acids is 1. The van der Waals surface area contributed by atoms with Gasteiger partial charge in [0, 0.05) is 6.54 Å². The molecule has 6 nitrogen and oxygen atoms in total. The molecule has 2 fully saturated rings. The van der Waals surface area contributed by atoms with Gasteiger partial charge in [-0.3, -0.25) is 9.59 Å². The topological polar surface area (TPSA) is 94.9 Å². The lowest BCUT2D eigenvalue weighted by Crippen LogP contribution is -2.52. The second-order valence-corrected chi connectivity index (χ2v) is 6.98. The smallest absolute Gasteiger partial charge is 0.326 e. The summed E-state index contributed by atoms with van der Waals surface area (Å²) in [4.78, 5) is 37.1. The van der Waals surface area contributed by atoms with Gasteiger partial charge in [-0.2, -0.15) is 0 Å². The van der Waals surface area contributed by atoms with Crippen LogP contribution in [-0.4, -0.2) is 45.5 Å². The Hall–Kier alpha value is -1.59. The summed E-state index contributed by atoms with van der Waals surface area (Å²) in [5.41, 5.74) is -1.52. The average molecular weight is 297 g/mol. The second-order valence-electron chi connectivity index (χ2n) is 6.98. The number of carboxylic acids is 2. The first kappa shape index (κ1) is 15.8. The van der Waals surface area contributed by atoms with Crippen LogP contribution in [0.4, 0.5) is 0 Å². The van der Waals surface area contributed by atoms with Crippen molar-refractivity contribution in [3.05, 3.63) is 0 Å². The SMILES string of the molecule is CC1(C)[C@@H](C(=O)O)CC[C@@]1(C)C(=O)N1CCC[C@H]1C(=O)O. The molecule has 0 aromatic rings. The third kappa shape index (κ3) is 2.21. The molecule has 1 amide bonds. The highest BCUT2D eigenvalue weighted by Crippen LogP contribution is 2.57. The quantitative estimate of drug-likeness (QED) is 0.825. The predicted molar refractivity (Wildman–Crippen MR) is 74.6 cm³/mol. The summed E-state index contributed by atoms with van der Waals surface area (Å²) in [6.45, 7) is 5.85. The molecular formula is C15H23NO5. The van der Waals surface area contributed by atoms with Gasteiger partial charge in [-0.15, -0.1) is 0 Å². The van der Waals surface area contributed by atoms with Crippen molar-refractivity contribution in [2.24, 2.45) is 16.7 Å². The maximum absolute atomic E-state index is 12.9. The fourth-order valence-corrected chi connectivity index (χ4v) is 3.90. The number of aliphatic carboxylic acids is 2. The number of likely N-dealkylation sites (tertiary alicyclic amines) is 1. The van der Waals surface area contributed by atoms with Crippen LogP contribution in [0.5, 0.6) is 0 Å². The van der Waals surface area contributed by atoms with Crippen molar-refractivity contribution >= 4 is 17.8 Å². The molecule has 0 spiro atoms. The third-order valence-electron chi connectivity index (χ3n) is 5.80. The summed E-state index contributed by atoms with van der Waals surface area (Å²) in [6, 6.07) is -0.769. The average Bonchev–Trinajstić information content (AvgIpc) is 2.93. The molecular weight excluding hydrogens is 274 g/mol. The first-order valence-electron chi connectivity index (χ1n) is 7.39. The number of carboxylic acid groups (broad SMARTS) is 2. The molecule has 0 aromatic carbocycles. The minimum Gasteiger partial charge on any atom is -0.481 e. The number of hydrogen-bond donors (Lipinski definition) is 2. The Labute approximate surface area is 124 Å². The van der Waals surface area contributed by atoms with Gasteiger partial charge in [0.1, 0.15) is 6.04 Å². The largest absolute Gasteiger partial charge is 0.481 e. The van der Waals surface area contributed by atoms with Gasteiger partial charge in [0.25, 0.3) is 0 Å². The zero-order chi connectivity index (χ0) is 16.0. The molecule has 118 valence electrons. The molecule has 1 aliphatic heterocycles. The van der Waals surface area contributed by atoms with Crippen molar-refractivity contribution in [3.63, 3.8) is 0 Å². The van der Waals surface area contributed by atoms with E-state index in [0.29, 0.717) is 32.2 Å². The Bertz CT molecular complexity index is 486. The van der Waals surface area contributed by atoms with Gasteiger partial charge in [0.2, 0.25) is 5.91 Å². The van der Waals surface area contributed by atoms with Gasteiger partial charge < -0.3 is 15.1 Å². The van der Waals surface area contributed by atoms with Gasteiger partial charge in [-0.25, -0.2) is 4.79 Å². The van der Waals surface area contributed by atoms with E-state index in [1.54, 1.807) is 6.92 Å². The van der Waals surface area contributed by atoms with E-state index >= 15 is 0 Å². The standard InChI is InChI=1S/C15H23NO5/c1-14(2)9(11(17)18)6-7-15(14,3)13(21)16-8-4-5-10(16)12(19)20/h9-10H,4-8H2,1-3H3,(H,17,18)(H,19,20)/t9-,10+,15+/m1/s1. The van der Waals surface area contributed by atoms with Crippen LogP contribution in [0.15, 0.2) is 0 Å². The number of hydrogen-bond acceptors (Lipinski definition) is 3. The first-order valence-corrected chi connectivity index (χ1v) is 7.39. The molecule has 1 saturated carbocycles. The van der Waals surface area contributed by atoms with E-state index in [9.17, 15) is 24.6 Å². The van der Waals surface area contributed by atoms with E-state index in [4.69, 9.17) is 0 Å². The zero-order valence-corrected chi connectivity index (χ0v) is 12.8. The monoisotopic (exact) mass is 297 g/mol. The number of nitrogens with zero attached hydrogens (tertiary/aromatic N) is 1. The Morgan fingerprint density at radius 3 is 2.14 bits per heavy atom. The highest BCUT2D eigenvalue weighted by molar-refractivity contribution is 5.89. The second kappa shape index (κ2) is 5.00. The summed E-state index contributed by atoms with van der Waals surface area (Å²) in [7, 11) is 0. The summed E-state index contributed by atoms with van der Waals surface area (Å²) >= 11 is 0. The number of amides is 1. The molecule has 2 aliphatic rings. The molecule has 1 aliphatic carbocycles. The van der Waals surface area contributed by atoms with Gasteiger partial charge >= 0.3 is 11.9 Å². The summed E-state index contributed by atoms with van der Waals surface area (Å²) in [6.07, 6.45) is 2.09. The molecule has 0 bridgehead atoms. The highest BCUT2D eigenvalue weighted by Gasteiger charge is 2.60. The Morgan fingerprint density at radius 1 is 1.05 bits per heavy atom. The van der Waals surface area contributed by atoms with Crippen LogP contribution in [0.25, 0.3) is 0 Å². The van der Waals surface area contributed by atoms with Gasteiger partial charge in [-0.05, 0) is 31.1 Å². The van der Waals surface area contributed by atoms with Gasteiger partial charge in [0.05, 0.1) is 11.3 Å². The Morgan fingerprint density at radius 2 is 1.67 bits per heavy atom. The Kier molecular flexibility index (Phi) is 3.76. The third-order valence-corrected chi connectivity index (χ3v) is 5.80. The lowest BCUT2D eigenvalue weighted by molar-refractivity contribution is -0.159. The molecule has 21 heavy (non-hydrogen) atoms. The number of carbonyl (C=O) groups is 3. The summed E-state index contributed by atoms with van der Waals surface area (Å²) in [5, 5.41) is 18.6. The maximum Gasteiger partial charge on any atom is 0.326 e. The van der Waals surface area contributed by atoms with Crippen LogP contribution < -0.4 is 0 Å². The fourth-order valence-electron chi connectivity index (χ4n) is 3.90. The van der Waals surface area contributed by atoms with E-state index in [1.807, 2.05) is 13.8 Å². The molecule has 0 unspecified atom stereocenters. The van der Waals surface area contributed by atoms with Crippen LogP contribution in [0.3, 0.4) is 0 Å². The van der Waals surface area contributed by atoms with Crippen LogP contribution in [0.2, 0.25) is 0 Å². The first-order chi connectivity index (χ1) is 9.63. The summed E-state index contributed by atoms with van der Waals surface area (Å²) in [5.74, 6) is -2.64. The van der Waals surface area contributed by atoms with Crippen molar-refractivity contribution < 1.29 is 24.6 Å². The minimum atomic E-state index is -0.977. The van der Waals surface area contributed by atoms with Crippen LogP contribution in [-0.2, 0) is 14.4 Å². The molecule has 0 radical (unpaired) electrons. The van der Waals surface area contributed by atoms with Gasteiger partial charge in [0.15, 0.2) is 0 Å². The van der Waals surface area contributed by atoms with E-state index in [-0.39, 0.29) is 5.91 Å². The molecule has 2 N–H and O–H groups in total. The van der Waals surface area contributed by atoms with Crippen molar-refractivity contribution in [1.29, 1.82) is 0 Å². The minimum absolute atomic E-state index is 0.207. The van der Waals surface area contributed by atoms with Crippen LogP contribution in [0.1, 0.15) is 46.5 Å². The van der Waals surface area contributed by atoms with Crippen molar-refractivity contribution in [3.8, 4) is 0 Å². The zero-order valence-electron chi connectivity index (χ0n) is 12.8. The number of rotatable bonds is 3. The van der Waals surface area contributed by atoms with Crippen molar-refractivity contribution in [2.75, 3.05) is 6.54 Å². The van der Waals surface area contributed by atoms with Crippen molar-refractivity contribution in [2.45, 2.75) is 52.5 Å². The molecule has 1 heterocycles. The Balaban J connectivity index is 2.30. The van der Waals surface area contributed by atoms with E-state index in [1.165, 1.54) is 4.90 Å². The molecule has 6 heteroatoms. The molecule has 1 saturated heterocycles. The van der Waals surface area contributed by atoms with Crippen molar-refractivity contribution in [1.82, 2.24) is 4.90 Å². The predicted octanol–water partition coefficient (Wildman–Crippen LogP) is 1.59. The fraction of sp³-hybridized carbons (Fsp3) is 0.800. The normalized spacial score (nSPS) is 34.9. The molecule has 3 atom stereocenters. The van der Waals surface area contributed by atoms with Crippen LogP contribution in [0, 0.1) is 16.7 Å².